The third-order valence-electron chi connectivity index (χ3n) is 4.37. The van der Waals surface area contributed by atoms with E-state index in [1.165, 1.54) is 17.3 Å². The molecule has 0 saturated heterocycles. The molecular weight excluding hydrogens is 374 g/mol. The van der Waals surface area contributed by atoms with E-state index in [1.807, 2.05) is 18.5 Å². The maximum absolute atomic E-state index is 12.4. The Balaban J connectivity index is 1.71. The van der Waals surface area contributed by atoms with Crippen molar-refractivity contribution in [2.75, 3.05) is 5.32 Å². The molecule has 28 heavy (non-hydrogen) atoms. The van der Waals surface area contributed by atoms with Gasteiger partial charge in [0, 0.05) is 18.7 Å². The number of rotatable bonds is 5. The lowest BCUT2D eigenvalue weighted by Gasteiger charge is -2.19. The van der Waals surface area contributed by atoms with Gasteiger partial charge in [0.15, 0.2) is 16.8 Å². The molecule has 3 rings (SSSR count). The highest BCUT2D eigenvalue weighted by molar-refractivity contribution is 8.00. The van der Waals surface area contributed by atoms with Gasteiger partial charge in [-0.15, -0.1) is 10.2 Å². The highest BCUT2D eigenvalue weighted by Gasteiger charge is 2.21. The Morgan fingerprint density at radius 2 is 1.89 bits per heavy atom. The summed E-state index contributed by atoms with van der Waals surface area (Å²) in [5.74, 6) is 1.65. The molecule has 0 fully saturated rings. The smallest absolute Gasteiger partial charge is 0.238 e. The summed E-state index contributed by atoms with van der Waals surface area (Å²) >= 11 is 1.35. The summed E-state index contributed by atoms with van der Waals surface area (Å²) in [5.41, 5.74) is 2.36. The molecule has 0 spiro atoms. The van der Waals surface area contributed by atoms with Gasteiger partial charge in [-0.1, -0.05) is 62.0 Å². The molecule has 2 aromatic heterocycles. The number of aromatic nitrogens is 4. The van der Waals surface area contributed by atoms with Crippen molar-refractivity contribution < 1.29 is 9.32 Å². The largest absolute Gasteiger partial charge is 0.360 e. The molecule has 2 heterocycles. The topological polar surface area (TPSA) is 85.8 Å². The molecule has 0 aliphatic heterocycles. The summed E-state index contributed by atoms with van der Waals surface area (Å²) in [4.78, 5) is 12.4. The summed E-state index contributed by atoms with van der Waals surface area (Å²) in [6, 6.07) is 10.0. The molecule has 0 saturated carbocycles. The van der Waals surface area contributed by atoms with Crippen LogP contribution in [0.4, 0.5) is 5.82 Å². The van der Waals surface area contributed by atoms with Gasteiger partial charge in [0.1, 0.15) is 5.76 Å². The maximum atomic E-state index is 12.4. The number of benzene rings is 1. The fourth-order valence-electron chi connectivity index (χ4n) is 2.65. The SMILES string of the molecule is Cc1cc(NC(=O)[C@H](C)Sc2nnc(-c3ccc(C(C)(C)C)cc3)n2C)no1. The normalized spacial score (nSPS) is 12.8. The van der Waals surface area contributed by atoms with Crippen molar-refractivity contribution in [3.8, 4) is 11.4 Å². The minimum absolute atomic E-state index is 0.102. The van der Waals surface area contributed by atoms with E-state index in [1.54, 1.807) is 13.0 Å². The molecule has 7 nitrogen and oxygen atoms in total. The molecule has 0 aliphatic rings. The first-order valence-corrected chi connectivity index (χ1v) is 9.94. The van der Waals surface area contributed by atoms with E-state index >= 15 is 0 Å². The summed E-state index contributed by atoms with van der Waals surface area (Å²) < 4.78 is 6.87. The number of thioether (sulfide) groups is 1. The molecule has 0 unspecified atom stereocenters. The van der Waals surface area contributed by atoms with Crippen LogP contribution in [0.2, 0.25) is 0 Å². The van der Waals surface area contributed by atoms with E-state index in [9.17, 15) is 4.79 Å². The van der Waals surface area contributed by atoms with Gasteiger partial charge in [-0.3, -0.25) is 4.79 Å². The predicted octanol–water partition coefficient (Wildman–Crippen LogP) is 4.20. The summed E-state index contributed by atoms with van der Waals surface area (Å²) in [7, 11) is 1.90. The van der Waals surface area contributed by atoms with Crippen LogP contribution in [0.1, 0.15) is 39.0 Å². The van der Waals surface area contributed by atoms with E-state index in [0.29, 0.717) is 16.7 Å². The Bertz CT molecular complexity index is 969. The Labute approximate surface area is 168 Å². The molecule has 1 aromatic carbocycles. The second-order valence-corrected chi connectivity index (χ2v) is 9.07. The average molecular weight is 400 g/mol. The highest BCUT2D eigenvalue weighted by Crippen LogP contribution is 2.28. The predicted molar refractivity (Wildman–Crippen MR) is 110 cm³/mol. The standard InChI is InChI=1S/C20H25N5O2S/c1-12-11-16(24-27-12)21-18(26)13(2)28-19-23-22-17(25(19)6)14-7-9-15(10-8-14)20(3,4)5/h7-11,13H,1-6H3,(H,21,24,26)/t13-/m0/s1. The van der Waals surface area contributed by atoms with Crippen LogP contribution in [0.3, 0.4) is 0 Å². The molecule has 0 bridgehead atoms. The number of carbonyl (C=O) groups excluding carboxylic acids is 1. The molecule has 148 valence electrons. The van der Waals surface area contributed by atoms with Crippen molar-refractivity contribution in [2.45, 2.75) is 50.4 Å². The van der Waals surface area contributed by atoms with Crippen molar-refractivity contribution in [3.63, 3.8) is 0 Å². The van der Waals surface area contributed by atoms with Gasteiger partial charge in [0.2, 0.25) is 5.91 Å². The second-order valence-electron chi connectivity index (χ2n) is 7.76. The number of carbonyl (C=O) groups is 1. The number of hydrogen-bond donors (Lipinski definition) is 1. The van der Waals surface area contributed by atoms with E-state index in [4.69, 9.17) is 4.52 Å². The zero-order valence-corrected chi connectivity index (χ0v) is 17.8. The van der Waals surface area contributed by atoms with Crippen LogP contribution in [0.5, 0.6) is 0 Å². The lowest BCUT2D eigenvalue weighted by Crippen LogP contribution is -2.23. The highest BCUT2D eigenvalue weighted by atomic mass is 32.2. The van der Waals surface area contributed by atoms with Crippen LogP contribution in [-0.4, -0.2) is 31.1 Å². The van der Waals surface area contributed by atoms with Gasteiger partial charge < -0.3 is 14.4 Å². The lowest BCUT2D eigenvalue weighted by molar-refractivity contribution is -0.115. The number of anilines is 1. The fourth-order valence-corrected chi connectivity index (χ4v) is 3.47. The first-order chi connectivity index (χ1) is 13.1. The molecule has 3 aromatic rings. The molecule has 1 N–H and O–H groups in total. The minimum Gasteiger partial charge on any atom is -0.360 e. The van der Waals surface area contributed by atoms with E-state index in [-0.39, 0.29) is 16.6 Å². The zero-order valence-electron chi connectivity index (χ0n) is 17.0. The minimum atomic E-state index is -0.365. The quantitative estimate of drug-likeness (QED) is 0.647. The van der Waals surface area contributed by atoms with E-state index < -0.39 is 0 Å². The Hall–Kier alpha value is -2.61. The van der Waals surface area contributed by atoms with Gasteiger partial charge in [-0.2, -0.15) is 0 Å². The molecule has 0 radical (unpaired) electrons. The third kappa shape index (κ3) is 4.44. The first-order valence-electron chi connectivity index (χ1n) is 9.06. The monoisotopic (exact) mass is 399 g/mol. The first kappa shape index (κ1) is 20.1. The van der Waals surface area contributed by atoms with Crippen molar-refractivity contribution in [2.24, 2.45) is 7.05 Å². The van der Waals surface area contributed by atoms with E-state index in [2.05, 4.69) is 65.7 Å². The molecule has 8 heteroatoms. The molecule has 0 aliphatic carbocycles. The number of amides is 1. The van der Waals surface area contributed by atoms with Crippen LogP contribution in [0.15, 0.2) is 40.0 Å². The Morgan fingerprint density at radius 3 is 2.46 bits per heavy atom. The van der Waals surface area contributed by atoms with Gasteiger partial charge in [-0.05, 0) is 24.8 Å². The number of nitrogens with one attached hydrogen (secondary N) is 1. The molecule has 1 atom stereocenters. The van der Waals surface area contributed by atoms with Crippen molar-refractivity contribution in [3.05, 3.63) is 41.7 Å². The lowest BCUT2D eigenvalue weighted by atomic mass is 9.87. The zero-order chi connectivity index (χ0) is 20.5. The van der Waals surface area contributed by atoms with Crippen LogP contribution in [0.25, 0.3) is 11.4 Å². The van der Waals surface area contributed by atoms with Crippen LogP contribution < -0.4 is 5.32 Å². The fraction of sp³-hybridized carbons (Fsp3) is 0.400. The summed E-state index contributed by atoms with van der Waals surface area (Å²) in [6.07, 6.45) is 0. The second kappa shape index (κ2) is 7.79. The molecular formula is C20H25N5O2S. The van der Waals surface area contributed by atoms with Gasteiger partial charge in [0.25, 0.3) is 0 Å². The van der Waals surface area contributed by atoms with Gasteiger partial charge in [0.05, 0.1) is 5.25 Å². The number of hydrogen-bond acceptors (Lipinski definition) is 6. The van der Waals surface area contributed by atoms with Gasteiger partial charge >= 0.3 is 0 Å². The Kier molecular flexibility index (Phi) is 5.60. The summed E-state index contributed by atoms with van der Waals surface area (Å²) in [5, 5.41) is 15.4. The van der Waals surface area contributed by atoms with Crippen LogP contribution in [-0.2, 0) is 17.3 Å². The van der Waals surface area contributed by atoms with Crippen molar-refractivity contribution >= 4 is 23.5 Å². The van der Waals surface area contributed by atoms with Crippen LogP contribution >= 0.6 is 11.8 Å². The van der Waals surface area contributed by atoms with Gasteiger partial charge in [-0.25, -0.2) is 0 Å². The average Bonchev–Trinajstić information content (AvgIpc) is 3.20. The van der Waals surface area contributed by atoms with Crippen molar-refractivity contribution in [1.29, 1.82) is 0 Å². The maximum Gasteiger partial charge on any atom is 0.238 e. The van der Waals surface area contributed by atoms with E-state index in [0.717, 1.165) is 11.4 Å². The Morgan fingerprint density at radius 1 is 1.21 bits per heavy atom. The summed E-state index contributed by atoms with van der Waals surface area (Å²) in [6.45, 7) is 10.2. The third-order valence-corrected chi connectivity index (χ3v) is 5.51. The van der Waals surface area contributed by atoms with Crippen molar-refractivity contribution in [1.82, 2.24) is 19.9 Å². The molecule has 1 amide bonds. The number of aryl methyl sites for hydroxylation is 1. The number of nitrogens with zero attached hydrogens (tertiary/aromatic N) is 4. The van der Waals surface area contributed by atoms with Crippen LogP contribution in [0, 0.1) is 6.92 Å².